The van der Waals surface area contributed by atoms with Gasteiger partial charge in [0.1, 0.15) is 0 Å². The van der Waals surface area contributed by atoms with Crippen molar-refractivity contribution in [3.8, 4) is 0 Å². The number of ether oxygens (including phenoxy) is 1. The van der Waals surface area contributed by atoms with Crippen molar-refractivity contribution in [1.82, 2.24) is 5.32 Å². The van der Waals surface area contributed by atoms with Gasteiger partial charge in [0.05, 0.1) is 12.2 Å². The molecule has 2 fully saturated rings. The largest absolute Gasteiger partial charge is 0.372 e. The predicted octanol–water partition coefficient (Wildman–Crippen LogP) is 3.75. The van der Waals surface area contributed by atoms with E-state index >= 15 is 0 Å². The third-order valence-corrected chi connectivity index (χ3v) is 4.91. The predicted molar refractivity (Wildman–Crippen MR) is 76.8 cm³/mol. The van der Waals surface area contributed by atoms with Gasteiger partial charge in [-0.3, -0.25) is 0 Å². The van der Waals surface area contributed by atoms with Crippen LogP contribution >= 0.6 is 0 Å². The van der Waals surface area contributed by atoms with Crippen LogP contribution in [-0.2, 0) is 4.74 Å². The average molecular weight is 253 g/mol. The topological polar surface area (TPSA) is 21.3 Å². The highest BCUT2D eigenvalue weighted by Gasteiger charge is 2.48. The van der Waals surface area contributed by atoms with E-state index in [1.807, 2.05) is 0 Å². The van der Waals surface area contributed by atoms with E-state index in [1.165, 1.54) is 32.1 Å². The molecule has 1 heterocycles. The summed E-state index contributed by atoms with van der Waals surface area (Å²) in [6.45, 7) is 13.7. The van der Waals surface area contributed by atoms with Crippen molar-refractivity contribution in [2.24, 2.45) is 10.8 Å². The maximum absolute atomic E-state index is 6.36. The van der Waals surface area contributed by atoms with Gasteiger partial charge < -0.3 is 10.1 Å². The van der Waals surface area contributed by atoms with Crippen molar-refractivity contribution < 1.29 is 4.74 Å². The quantitative estimate of drug-likeness (QED) is 0.710. The van der Waals surface area contributed by atoms with Crippen molar-refractivity contribution in [3.05, 3.63) is 0 Å². The first-order valence-electron chi connectivity index (χ1n) is 7.63. The molecule has 2 rings (SSSR count). The molecule has 1 spiro atoms. The van der Waals surface area contributed by atoms with E-state index in [0.29, 0.717) is 11.5 Å². The summed E-state index contributed by atoms with van der Waals surface area (Å²) in [7, 11) is 0. The van der Waals surface area contributed by atoms with Gasteiger partial charge in [0.25, 0.3) is 0 Å². The van der Waals surface area contributed by atoms with E-state index in [1.54, 1.807) is 0 Å². The molecular weight excluding hydrogens is 222 g/mol. The molecule has 2 atom stereocenters. The monoisotopic (exact) mass is 253 g/mol. The van der Waals surface area contributed by atoms with Crippen LogP contribution in [0, 0.1) is 10.8 Å². The minimum Gasteiger partial charge on any atom is -0.372 e. The summed E-state index contributed by atoms with van der Waals surface area (Å²) < 4.78 is 6.36. The maximum atomic E-state index is 6.36. The van der Waals surface area contributed by atoms with Crippen molar-refractivity contribution in [3.63, 3.8) is 0 Å². The molecule has 1 saturated heterocycles. The van der Waals surface area contributed by atoms with Gasteiger partial charge in [-0.05, 0) is 42.9 Å². The molecule has 2 unspecified atom stereocenters. The summed E-state index contributed by atoms with van der Waals surface area (Å²) >= 11 is 0. The van der Waals surface area contributed by atoms with E-state index in [9.17, 15) is 0 Å². The lowest BCUT2D eigenvalue weighted by molar-refractivity contribution is -0.131. The normalized spacial score (nSPS) is 37.5. The summed E-state index contributed by atoms with van der Waals surface area (Å²) in [5, 5.41) is 3.75. The van der Waals surface area contributed by atoms with Crippen LogP contribution in [-0.4, -0.2) is 24.8 Å². The number of rotatable bonds is 0. The molecule has 0 radical (unpaired) electrons. The zero-order chi connectivity index (χ0) is 13.4. The second kappa shape index (κ2) is 4.79. The Labute approximate surface area is 113 Å². The lowest BCUT2D eigenvalue weighted by atomic mass is 9.71. The Morgan fingerprint density at radius 2 is 1.78 bits per heavy atom. The fraction of sp³-hybridized carbons (Fsp3) is 1.00. The molecule has 1 N–H and O–H groups in total. The van der Waals surface area contributed by atoms with Gasteiger partial charge in [0, 0.05) is 12.6 Å². The van der Waals surface area contributed by atoms with E-state index in [4.69, 9.17) is 4.74 Å². The molecule has 2 heteroatoms. The molecule has 1 saturated carbocycles. The molecule has 1 aliphatic carbocycles. The van der Waals surface area contributed by atoms with Gasteiger partial charge in [0.2, 0.25) is 0 Å². The number of nitrogens with one attached hydrogen (secondary N) is 1. The number of hydrogen-bond acceptors (Lipinski definition) is 2. The van der Waals surface area contributed by atoms with Gasteiger partial charge in [-0.15, -0.1) is 0 Å². The lowest BCUT2D eigenvalue weighted by Gasteiger charge is -2.50. The van der Waals surface area contributed by atoms with Crippen LogP contribution in [0.15, 0.2) is 0 Å². The first kappa shape index (κ1) is 14.3. The van der Waals surface area contributed by atoms with Crippen LogP contribution in [0.4, 0.5) is 0 Å². The molecular formula is C16H31NO. The van der Waals surface area contributed by atoms with Gasteiger partial charge in [-0.1, -0.05) is 34.6 Å². The van der Waals surface area contributed by atoms with Crippen LogP contribution in [0.25, 0.3) is 0 Å². The van der Waals surface area contributed by atoms with E-state index in [-0.39, 0.29) is 11.0 Å². The standard InChI is InChI=1S/C16H31NO/c1-14(2,3)13-16(18-12-11-17-13)8-6-7-15(4,5)9-10-16/h13,17H,6-12H2,1-5H3. The highest BCUT2D eigenvalue weighted by Crippen LogP contribution is 2.45. The third kappa shape index (κ3) is 2.91. The summed E-state index contributed by atoms with van der Waals surface area (Å²) in [6, 6.07) is 0.493. The molecule has 0 bridgehead atoms. The van der Waals surface area contributed by atoms with Gasteiger partial charge in [0.15, 0.2) is 0 Å². The Balaban J connectivity index is 2.20. The molecule has 0 aromatic heterocycles. The van der Waals surface area contributed by atoms with E-state index in [0.717, 1.165) is 13.2 Å². The van der Waals surface area contributed by atoms with Crippen LogP contribution < -0.4 is 5.32 Å². The first-order valence-corrected chi connectivity index (χ1v) is 7.63. The van der Waals surface area contributed by atoms with Crippen LogP contribution in [0.3, 0.4) is 0 Å². The minimum atomic E-state index is 0.0876. The summed E-state index contributed by atoms with van der Waals surface area (Å²) in [5.74, 6) is 0. The third-order valence-electron chi connectivity index (χ3n) is 4.91. The molecule has 2 aliphatic rings. The van der Waals surface area contributed by atoms with E-state index < -0.39 is 0 Å². The fourth-order valence-corrected chi connectivity index (χ4v) is 3.92. The minimum absolute atomic E-state index is 0.0876. The fourth-order valence-electron chi connectivity index (χ4n) is 3.92. The Morgan fingerprint density at radius 3 is 2.44 bits per heavy atom. The van der Waals surface area contributed by atoms with Crippen LogP contribution in [0.5, 0.6) is 0 Å². The van der Waals surface area contributed by atoms with Gasteiger partial charge in [-0.25, -0.2) is 0 Å². The van der Waals surface area contributed by atoms with Gasteiger partial charge >= 0.3 is 0 Å². The molecule has 106 valence electrons. The SMILES string of the molecule is CC1(C)CCCC2(CC1)OCCNC2C(C)(C)C. The first-order chi connectivity index (χ1) is 8.25. The van der Waals surface area contributed by atoms with Crippen LogP contribution in [0.2, 0.25) is 0 Å². The molecule has 0 aromatic rings. The lowest BCUT2D eigenvalue weighted by Crippen LogP contribution is -2.63. The second-order valence-corrected chi connectivity index (χ2v) is 8.18. The summed E-state index contributed by atoms with van der Waals surface area (Å²) in [4.78, 5) is 0. The molecule has 0 aromatic carbocycles. The summed E-state index contributed by atoms with van der Waals surface area (Å²) in [5.41, 5.74) is 0.853. The molecule has 1 aliphatic heterocycles. The molecule has 0 amide bonds. The Hall–Kier alpha value is -0.0800. The smallest absolute Gasteiger partial charge is 0.0840 e. The second-order valence-electron chi connectivity index (χ2n) is 8.18. The highest BCUT2D eigenvalue weighted by molar-refractivity contribution is 5.03. The van der Waals surface area contributed by atoms with Crippen molar-refractivity contribution in [2.45, 2.75) is 78.4 Å². The van der Waals surface area contributed by atoms with Gasteiger partial charge in [-0.2, -0.15) is 0 Å². The zero-order valence-electron chi connectivity index (χ0n) is 12.9. The Kier molecular flexibility index (Phi) is 3.81. The average Bonchev–Trinajstić information content (AvgIpc) is 2.38. The summed E-state index contributed by atoms with van der Waals surface area (Å²) in [6.07, 6.45) is 6.39. The molecule has 2 nitrogen and oxygen atoms in total. The Morgan fingerprint density at radius 1 is 1.06 bits per heavy atom. The number of hydrogen-bond donors (Lipinski definition) is 1. The van der Waals surface area contributed by atoms with Crippen molar-refractivity contribution in [1.29, 1.82) is 0 Å². The zero-order valence-corrected chi connectivity index (χ0v) is 12.9. The maximum Gasteiger partial charge on any atom is 0.0840 e. The number of morpholine rings is 1. The van der Waals surface area contributed by atoms with Crippen LogP contribution in [0.1, 0.15) is 66.7 Å². The highest BCUT2D eigenvalue weighted by atomic mass is 16.5. The Bertz CT molecular complexity index is 292. The molecule has 18 heavy (non-hydrogen) atoms. The van der Waals surface area contributed by atoms with Crippen molar-refractivity contribution >= 4 is 0 Å². The van der Waals surface area contributed by atoms with Crippen molar-refractivity contribution in [2.75, 3.05) is 13.2 Å². The van der Waals surface area contributed by atoms with E-state index in [2.05, 4.69) is 39.9 Å².